The average molecular weight is 500 g/mol. The van der Waals surface area contributed by atoms with E-state index in [0.29, 0.717) is 22.0 Å². The molecule has 5 aromatic rings. The number of carbonyl (C=O) groups is 1. The molecule has 3 aromatic carbocycles. The van der Waals surface area contributed by atoms with Crippen molar-refractivity contribution in [3.63, 3.8) is 0 Å². The van der Waals surface area contributed by atoms with Gasteiger partial charge in [0, 0.05) is 11.6 Å². The summed E-state index contributed by atoms with van der Waals surface area (Å²) in [7, 11) is 0. The Balaban J connectivity index is 1.73. The molecule has 0 aliphatic heterocycles. The second-order valence-corrected chi connectivity index (χ2v) is 9.09. The molecule has 1 atom stereocenters. The topological polar surface area (TPSA) is 90.4 Å². The van der Waals surface area contributed by atoms with E-state index in [0.717, 1.165) is 12.0 Å². The number of halogens is 1. The van der Waals surface area contributed by atoms with Crippen LogP contribution in [0.15, 0.2) is 82.4 Å². The lowest BCUT2D eigenvalue weighted by Crippen LogP contribution is -2.32. The number of hydrogen-bond donors (Lipinski definition) is 1. The van der Waals surface area contributed by atoms with Crippen molar-refractivity contribution in [1.82, 2.24) is 24.1 Å². The van der Waals surface area contributed by atoms with Crippen LogP contribution in [0.4, 0.5) is 4.39 Å². The van der Waals surface area contributed by atoms with Crippen LogP contribution in [0, 0.1) is 5.82 Å². The lowest BCUT2D eigenvalue weighted by molar-refractivity contribution is 0.0939. The maximum atomic E-state index is 13.6. The van der Waals surface area contributed by atoms with Crippen LogP contribution in [0.5, 0.6) is 0 Å². The zero-order valence-corrected chi connectivity index (χ0v) is 20.5. The molecule has 0 spiro atoms. The molecule has 0 fully saturated rings. The van der Waals surface area contributed by atoms with Crippen molar-refractivity contribution in [3.05, 3.63) is 116 Å². The van der Waals surface area contributed by atoms with Crippen molar-refractivity contribution >= 4 is 22.6 Å². The van der Waals surface area contributed by atoms with Gasteiger partial charge >= 0.3 is 5.69 Å². The highest BCUT2D eigenvalue weighted by Crippen LogP contribution is 2.16. The first-order valence-electron chi connectivity index (χ1n) is 12.1. The van der Waals surface area contributed by atoms with Crippen molar-refractivity contribution in [2.45, 2.75) is 39.4 Å². The van der Waals surface area contributed by atoms with Gasteiger partial charge in [-0.1, -0.05) is 49.4 Å². The number of nitrogens with one attached hydrogen (secondary N) is 1. The highest BCUT2D eigenvalue weighted by atomic mass is 19.1. The Labute approximate surface area is 211 Å². The van der Waals surface area contributed by atoms with E-state index in [1.54, 1.807) is 30.3 Å². The Kier molecular flexibility index (Phi) is 6.43. The van der Waals surface area contributed by atoms with Crippen LogP contribution < -0.4 is 16.6 Å². The van der Waals surface area contributed by atoms with Gasteiger partial charge in [-0.25, -0.2) is 18.3 Å². The third-order valence-electron chi connectivity index (χ3n) is 6.46. The number of aromatic nitrogens is 4. The van der Waals surface area contributed by atoms with E-state index in [-0.39, 0.29) is 42.2 Å². The number of amides is 1. The van der Waals surface area contributed by atoms with E-state index < -0.39 is 5.69 Å². The second-order valence-electron chi connectivity index (χ2n) is 9.09. The Morgan fingerprint density at radius 2 is 1.68 bits per heavy atom. The maximum absolute atomic E-state index is 13.6. The molecule has 0 aliphatic carbocycles. The zero-order valence-electron chi connectivity index (χ0n) is 20.5. The van der Waals surface area contributed by atoms with E-state index in [4.69, 9.17) is 0 Å². The molecule has 0 saturated carbocycles. The minimum absolute atomic E-state index is 0.0247. The molecule has 9 heteroatoms. The smallest absolute Gasteiger partial charge is 0.350 e. The maximum Gasteiger partial charge on any atom is 0.352 e. The summed E-state index contributed by atoms with van der Waals surface area (Å²) in [6.07, 6.45) is 0.767. The summed E-state index contributed by atoms with van der Waals surface area (Å²) >= 11 is 0. The number of carbonyl (C=O) groups excluding carboxylic acids is 1. The highest BCUT2D eigenvalue weighted by Gasteiger charge is 2.20. The summed E-state index contributed by atoms with van der Waals surface area (Å²) in [6, 6.07) is 19.9. The van der Waals surface area contributed by atoms with E-state index in [1.807, 2.05) is 44.2 Å². The normalized spacial score (nSPS) is 12.2. The van der Waals surface area contributed by atoms with Gasteiger partial charge in [0.25, 0.3) is 11.5 Å². The second kappa shape index (κ2) is 9.85. The first kappa shape index (κ1) is 24.2. The molecule has 2 aromatic heterocycles. The van der Waals surface area contributed by atoms with E-state index in [2.05, 4.69) is 10.4 Å². The predicted molar refractivity (Wildman–Crippen MR) is 139 cm³/mol. The Morgan fingerprint density at radius 3 is 2.38 bits per heavy atom. The van der Waals surface area contributed by atoms with Crippen LogP contribution in [-0.2, 0) is 13.1 Å². The van der Waals surface area contributed by atoms with E-state index in [9.17, 15) is 18.8 Å². The summed E-state index contributed by atoms with van der Waals surface area (Å²) in [5.41, 5.74) is 1.41. The van der Waals surface area contributed by atoms with Crippen LogP contribution in [0.25, 0.3) is 16.7 Å². The highest BCUT2D eigenvalue weighted by molar-refractivity contribution is 5.98. The van der Waals surface area contributed by atoms with Crippen LogP contribution in [0.3, 0.4) is 0 Å². The quantitative estimate of drug-likeness (QED) is 0.371. The van der Waals surface area contributed by atoms with Crippen LogP contribution in [-0.4, -0.2) is 30.7 Å². The first-order chi connectivity index (χ1) is 17.9. The molecule has 37 heavy (non-hydrogen) atoms. The summed E-state index contributed by atoms with van der Waals surface area (Å²) < 4.78 is 17.5. The summed E-state index contributed by atoms with van der Waals surface area (Å²) in [4.78, 5) is 40.0. The first-order valence-corrected chi connectivity index (χ1v) is 12.1. The molecule has 2 heterocycles. The predicted octanol–water partition coefficient (Wildman–Crippen LogP) is 3.57. The Bertz CT molecular complexity index is 1720. The van der Waals surface area contributed by atoms with Crippen molar-refractivity contribution < 1.29 is 9.18 Å². The summed E-state index contributed by atoms with van der Waals surface area (Å²) in [5, 5.41) is 7.72. The van der Waals surface area contributed by atoms with Crippen molar-refractivity contribution in [1.29, 1.82) is 0 Å². The van der Waals surface area contributed by atoms with Crippen molar-refractivity contribution in [2.75, 3.05) is 0 Å². The van der Waals surface area contributed by atoms with Gasteiger partial charge in [0.2, 0.25) is 5.78 Å². The molecular weight excluding hydrogens is 473 g/mol. The average Bonchev–Trinajstić information content (AvgIpc) is 3.23. The fourth-order valence-electron chi connectivity index (χ4n) is 4.24. The van der Waals surface area contributed by atoms with Crippen LogP contribution in [0.1, 0.15) is 41.8 Å². The fourth-order valence-corrected chi connectivity index (χ4v) is 4.24. The molecule has 0 bridgehead atoms. The molecule has 1 N–H and O–H groups in total. The number of fused-ring (bicyclic) bond motifs is 3. The molecule has 188 valence electrons. The minimum atomic E-state index is -0.467. The number of hydrogen-bond acceptors (Lipinski definition) is 4. The van der Waals surface area contributed by atoms with Gasteiger partial charge in [0.1, 0.15) is 5.82 Å². The van der Waals surface area contributed by atoms with Gasteiger partial charge in [0.05, 0.1) is 24.0 Å². The van der Waals surface area contributed by atoms with Crippen LogP contribution in [0.2, 0.25) is 0 Å². The molecule has 0 aliphatic rings. The number of nitrogens with zero attached hydrogens (tertiary/aromatic N) is 4. The zero-order chi connectivity index (χ0) is 26.1. The summed E-state index contributed by atoms with van der Waals surface area (Å²) in [6.45, 7) is 4.18. The fraction of sp³-hybridized carbons (Fsp3) is 0.214. The lowest BCUT2D eigenvalue weighted by atomic mass is 10.1. The van der Waals surface area contributed by atoms with Gasteiger partial charge in [0.15, 0.2) is 0 Å². The van der Waals surface area contributed by atoms with E-state index in [1.165, 1.54) is 25.8 Å². The van der Waals surface area contributed by atoms with Crippen molar-refractivity contribution in [3.8, 4) is 0 Å². The molecule has 5 rings (SSSR count). The molecule has 0 radical (unpaired) electrons. The molecule has 8 nitrogen and oxygen atoms in total. The summed E-state index contributed by atoms with van der Waals surface area (Å²) in [5.74, 6) is -0.505. The van der Waals surface area contributed by atoms with Gasteiger partial charge in [-0.3, -0.25) is 14.2 Å². The van der Waals surface area contributed by atoms with Gasteiger partial charge in [-0.2, -0.15) is 0 Å². The third-order valence-corrected chi connectivity index (χ3v) is 6.46. The lowest BCUT2D eigenvalue weighted by Gasteiger charge is -2.13. The van der Waals surface area contributed by atoms with Gasteiger partial charge in [-0.05, 0) is 54.8 Å². The van der Waals surface area contributed by atoms with Crippen molar-refractivity contribution in [2.24, 2.45) is 0 Å². The minimum Gasteiger partial charge on any atom is -0.350 e. The largest absolute Gasteiger partial charge is 0.352 e. The Morgan fingerprint density at radius 1 is 0.973 bits per heavy atom. The Hall–Kier alpha value is -4.53. The molecule has 1 amide bonds. The third kappa shape index (κ3) is 4.67. The van der Waals surface area contributed by atoms with Gasteiger partial charge < -0.3 is 5.32 Å². The number of rotatable bonds is 7. The monoisotopic (exact) mass is 499 g/mol. The molecule has 1 unspecified atom stereocenters. The van der Waals surface area contributed by atoms with E-state index >= 15 is 0 Å². The number of benzene rings is 3. The van der Waals surface area contributed by atoms with Crippen LogP contribution >= 0.6 is 0 Å². The molecule has 0 saturated heterocycles. The van der Waals surface area contributed by atoms with Gasteiger partial charge in [-0.15, -0.1) is 5.10 Å². The SMILES string of the molecule is CCC(C)NC(=O)c1ccc2c(=O)n(Cc3ccccc3)c3nn(Cc4ccc(F)cc4)c(=O)n3c2c1. The molecular formula is C28H26FN5O3. The standard InChI is InChI=1S/C28H26FN5O3/c1-3-18(2)30-25(35)21-11-14-23-24(15-21)34-27(32(26(23)36)16-19-7-5-4-6-8-19)31-33(28(34)37)17-20-9-12-22(29)13-10-20/h4-15,18H,3,16-17H2,1-2H3,(H,30,35).